The molecule has 0 saturated carbocycles. The molecule has 8 heteroatoms. The van der Waals surface area contributed by atoms with Gasteiger partial charge < -0.3 is 16.0 Å². The van der Waals surface area contributed by atoms with Gasteiger partial charge in [0.05, 0.1) is 28.8 Å². The van der Waals surface area contributed by atoms with Crippen LogP contribution < -0.4 is 11.1 Å². The second-order valence-electron chi connectivity index (χ2n) is 7.13. The first-order chi connectivity index (χ1) is 13.7. The van der Waals surface area contributed by atoms with Crippen LogP contribution in [0.4, 0.5) is 5.82 Å². The van der Waals surface area contributed by atoms with Gasteiger partial charge in [0.25, 0.3) is 0 Å². The first kappa shape index (κ1) is 17.3. The van der Waals surface area contributed by atoms with Crippen LogP contribution in [0.3, 0.4) is 0 Å². The number of rotatable bonds is 3. The Hall–Kier alpha value is -2.84. The number of imidazole rings is 1. The van der Waals surface area contributed by atoms with E-state index in [9.17, 15) is 0 Å². The van der Waals surface area contributed by atoms with Gasteiger partial charge in [-0.05, 0) is 50.2 Å². The lowest BCUT2D eigenvalue weighted by Gasteiger charge is -2.22. The summed E-state index contributed by atoms with van der Waals surface area (Å²) < 4.78 is 2.07. The van der Waals surface area contributed by atoms with Crippen LogP contribution in [-0.2, 0) is 0 Å². The number of nitrogen functional groups attached to an aromatic ring is 1. The zero-order valence-corrected chi connectivity index (χ0v) is 16.2. The summed E-state index contributed by atoms with van der Waals surface area (Å²) in [5, 5.41) is 7.97. The van der Waals surface area contributed by atoms with Gasteiger partial charge in [-0.15, -0.1) is 12.6 Å². The third kappa shape index (κ3) is 3.14. The van der Waals surface area contributed by atoms with Crippen molar-refractivity contribution in [3.05, 3.63) is 42.9 Å². The number of nitrogens with zero attached hydrogens (tertiary/aromatic N) is 4. The Morgan fingerprint density at radius 2 is 1.96 bits per heavy atom. The van der Waals surface area contributed by atoms with Crippen molar-refractivity contribution in [2.45, 2.75) is 23.8 Å². The van der Waals surface area contributed by atoms with Crippen molar-refractivity contribution in [2.24, 2.45) is 0 Å². The quantitative estimate of drug-likeness (QED) is 0.402. The third-order valence-electron chi connectivity index (χ3n) is 5.26. The van der Waals surface area contributed by atoms with E-state index >= 15 is 0 Å². The highest BCUT2D eigenvalue weighted by Gasteiger charge is 2.17. The lowest BCUT2D eigenvalue weighted by atomic mass is 10.1. The number of thiol groups is 1. The maximum atomic E-state index is 6.16. The molecule has 1 saturated heterocycles. The van der Waals surface area contributed by atoms with Crippen molar-refractivity contribution in [3.8, 4) is 22.5 Å². The van der Waals surface area contributed by atoms with Crippen molar-refractivity contribution < 1.29 is 0 Å². The molecular formula is C20H21N7S. The molecule has 0 amide bonds. The number of nitrogens with two attached hydrogens (primary N) is 1. The van der Waals surface area contributed by atoms with Gasteiger partial charge in [0.1, 0.15) is 11.6 Å². The summed E-state index contributed by atoms with van der Waals surface area (Å²) in [5.74, 6) is 1.14. The maximum Gasteiger partial charge on any atom is 0.142 e. The Bertz CT molecular complexity index is 1140. The summed E-state index contributed by atoms with van der Waals surface area (Å²) in [6.45, 7) is 2.07. The van der Waals surface area contributed by atoms with Gasteiger partial charge >= 0.3 is 0 Å². The molecule has 0 atom stereocenters. The molecule has 7 nitrogen and oxygen atoms in total. The van der Waals surface area contributed by atoms with Crippen LogP contribution in [0.1, 0.15) is 18.9 Å². The minimum Gasteiger partial charge on any atom is -0.383 e. The highest BCUT2D eigenvalue weighted by Crippen LogP contribution is 2.30. The van der Waals surface area contributed by atoms with E-state index in [1.807, 2.05) is 30.5 Å². The third-order valence-corrected chi connectivity index (χ3v) is 5.53. The summed E-state index contributed by atoms with van der Waals surface area (Å²) in [5.41, 5.74) is 10.7. The molecule has 142 valence electrons. The highest BCUT2D eigenvalue weighted by molar-refractivity contribution is 7.80. The van der Waals surface area contributed by atoms with Crippen LogP contribution in [0, 0.1) is 0 Å². The SMILES string of the molecule is Nc1ncc(-c2cnn(C3CCNCC3)c2)cc1-c1nc2ccc(S)cc2[nH]1. The van der Waals surface area contributed by atoms with Crippen molar-refractivity contribution in [1.29, 1.82) is 0 Å². The Morgan fingerprint density at radius 1 is 1.11 bits per heavy atom. The molecule has 28 heavy (non-hydrogen) atoms. The smallest absolute Gasteiger partial charge is 0.142 e. The number of hydrogen-bond donors (Lipinski definition) is 4. The Balaban J connectivity index is 1.51. The molecule has 3 aromatic heterocycles. The minimum atomic E-state index is 0.444. The summed E-state index contributed by atoms with van der Waals surface area (Å²) >= 11 is 4.39. The molecule has 4 aromatic rings. The van der Waals surface area contributed by atoms with Crippen LogP contribution in [0.15, 0.2) is 47.8 Å². The van der Waals surface area contributed by atoms with E-state index in [1.165, 1.54) is 0 Å². The van der Waals surface area contributed by atoms with Crippen LogP contribution in [-0.4, -0.2) is 37.8 Å². The van der Waals surface area contributed by atoms with Gasteiger partial charge in [0.2, 0.25) is 0 Å². The van der Waals surface area contributed by atoms with Gasteiger partial charge in [-0.25, -0.2) is 9.97 Å². The largest absolute Gasteiger partial charge is 0.383 e. The minimum absolute atomic E-state index is 0.444. The predicted octanol–water partition coefficient (Wildman–Crippen LogP) is 3.28. The van der Waals surface area contributed by atoms with Crippen LogP contribution in [0.5, 0.6) is 0 Å². The van der Waals surface area contributed by atoms with Crippen molar-refractivity contribution in [2.75, 3.05) is 18.8 Å². The zero-order chi connectivity index (χ0) is 19.1. The van der Waals surface area contributed by atoms with E-state index in [2.05, 4.69) is 48.9 Å². The van der Waals surface area contributed by atoms with E-state index in [0.717, 1.165) is 58.6 Å². The van der Waals surface area contributed by atoms with Gasteiger partial charge in [0, 0.05) is 28.4 Å². The zero-order valence-electron chi connectivity index (χ0n) is 15.3. The number of aromatic nitrogens is 5. The summed E-state index contributed by atoms with van der Waals surface area (Å²) in [6.07, 6.45) is 7.97. The Kier molecular flexibility index (Phi) is 4.29. The Morgan fingerprint density at radius 3 is 2.82 bits per heavy atom. The van der Waals surface area contributed by atoms with Crippen LogP contribution in [0.25, 0.3) is 33.5 Å². The Labute approximate surface area is 167 Å². The van der Waals surface area contributed by atoms with Crippen molar-refractivity contribution in [3.63, 3.8) is 0 Å². The molecule has 1 aliphatic rings. The topological polar surface area (TPSA) is 97.4 Å². The highest BCUT2D eigenvalue weighted by atomic mass is 32.1. The number of benzene rings is 1. The van der Waals surface area contributed by atoms with Gasteiger partial charge in [0.15, 0.2) is 0 Å². The van der Waals surface area contributed by atoms with Crippen molar-refractivity contribution >= 4 is 29.5 Å². The van der Waals surface area contributed by atoms with Crippen LogP contribution >= 0.6 is 12.6 Å². The molecule has 0 spiro atoms. The molecule has 1 aromatic carbocycles. The average molecular weight is 392 g/mol. The van der Waals surface area contributed by atoms with E-state index < -0.39 is 0 Å². The first-order valence-corrected chi connectivity index (χ1v) is 9.82. The number of fused-ring (bicyclic) bond motifs is 1. The fraction of sp³-hybridized carbons (Fsp3) is 0.250. The number of pyridine rings is 1. The normalized spacial score (nSPS) is 15.3. The number of hydrogen-bond acceptors (Lipinski definition) is 6. The van der Waals surface area contributed by atoms with Gasteiger partial charge in [-0.2, -0.15) is 5.10 Å². The van der Waals surface area contributed by atoms with E-state index in [0.29, 0.717) is 17.7 Å². The molecule has 0 aliphatic carbocycles. The van der Waals surface area contributed by atoms with Gasteiger partial charge in [-0.3, -0.25) is 4.68 Å². The number of anilines is 1. The monoisotopic (exact) mass is 391 g/mol. The molecule has 0 bridgehead atoms. The van der Waals surface area contributed by atoms with E-state index in [-0.39, 0.29) is 0 Å². The molecule has 0 unspecified atom stereocenters. The first-order valence-electron chi connectivity index (χ1n) is 9.37. The lowest BCUT2D eigenvalue weighted by Crippen LogP contribution is -2.29. The van der Waals surface area contributed by atoms with Crippen LogP contribution in [0.2, 0.25) is 0 Å². The molecule has 1 fully saturated rings. The fourth-order valence-corrected chi connectivity index (χ4v) is 3.91. The number of aromatic amines is 1. The second kappa shape index (κ2) is 6.96. The lowest BCUT2D eigenvalue weighted by molar-refractivity contribution is 0.343. The van der Waals surface area contributed by atoms with E-state index in [1.54, 1.807) is 6.20 Å². The summed E-state index contributed by atoms with van der Waals surface area (Å²) in [6, 6.07) is 8.27. The predicted molar refractivity (Wildman–Crippen MR) is 113 cm³/mol. The summed E-state index contributed by atoms with van der Waals surface area (Å²) in [4.78, 5) is 13.3. The fourth-order valence-electron chi connectivity index (χ4n) is 3.71. The van der Waals surface area contributed by atoms with E-state index in [4.69, 9.17) is 5.73 Å². The maximum absolute atomic E-state index is 6.16. The second-order valence-corrected chi connectivity index (χ2v) is 7.65. The molecule has 0 radical (unpaired) electrons. The standard InChI is InChI=1S/C20H21N7S/c21-19-16(20-25-17-2-1-15(28)8-18(17)26-20)7-12(9-23-19)13-10-24-27(11-13)14-3-5-22-6-4-14/h1-2,7-11,14,22,28H,3-6H2,(H2,21,23)(H,25,26). The number of piperidine rings is 1. The molecule has 5 rings (SSSR count). The average Bonchev–Trinajstić information content (AvgIpc) is 3.36. The van der Waals surface area contributed by atoms with Crippen molar-refractivity contribution in [1.82, 2.24) is 30.0 Å². The number of nitrogens with one attached hydrogen (secondary N) is 2. The van der Waals surface area contributed by atoms with Gasteiger partial charge in [-0.1, -0.05) is 0 Å². The molecule has 1 aliphatic heterocycles. The molecule has 4 heterocycles. The molecule has 4 N–H and O–H groups in total. The number of H-pyrrole nitrogens is 1. The molecular weight excluding hydrogens is 370 g/mol. The summed E-state index contributed by atoms with van der Waals surface area (Å²) in [7, 11) is 0.